The minimum absolute atomic E-state index is 0.0861. The van der Waals surface area contributed by atoms with Gasteiger partial charge in [-0.05, 0) is 48.8 Å². The Morgan fingerprint density at radius 1 is 1.27 bits per heavy atom. The fourth-order valence-corrected chi connectivity index (χ4v) is 3.17. The van der Waals surface area contributed by atoms with Crippen molar-refractivity contribution in [2.75, 3.05) is 13.1 Å². The summed E-state index contributed by atoms with van der Waals surface area (Å²) in [5.74, 6) is 0.848. The Bertz CT molecular complexity index is 525. The Hall–Kier alpha value is -0.770. The first-order chi connectivity index (χ1) is 10.4. The van der Waals surface area contributed by atoms with E-state index in [9.17, 15) is 4.79 Å². The van der Waals surface area contributed by atoms with Gasteiger partial charge in [0.15, 0.2) is 0 Å². The third-order valence-electron chi connectivity index (χ3n) is 4.44. The first-order valence-corrected chi connectivity index (χ1v) is 8.62. The summed E-state index contributed by atoms with van der Waals surface area (Å²) in [6, 6.07) is 5.43. The molecule has 1 aliphatic heterocycles. The number of carbonyl (C=O) groups is 1. The molecule has 0 radical (unpaired) electrons. The van der Waals surface area contributed by atoms with Gasteiger partial charge < -0.3 is 10.6 Å². The van der Waals surface area contributed by atoms with Crippen molar-refractivity contribution in [3.05, 3.63) is 33.8 Å². The number of hydrogen-bond acceptors (Lipinski definition) is 2. The molecule has 1 fully saturated rings. The number of halogens is 2. The van der Waals surface area contributed by atoms with E-state index in [0.717, 1.165) is 32.4 Å². The predicted molar refractivity (Wildman–Crippen MR) is 92.3 cm³/mol. The molecule has 0 saturated carbocycles. The van der Waals surface area contributed by atoms with Crippen molar-refractivity contribution in [2.24, 2.45) is 17.6 Å². The van der Waals surface area contributed by atoms with E-state index >= 15 is 0 Å². The highest BCUT2D eigenvalue weighted by Crippen LogP contribution is 2.27. The highest BCUT2D eigenvalue weighted by molar-refractivity contribution is 6.42. The van der Waals surface area contributed by atoms with E-state index in [4.69, 9.17) is 28.9 Å². The predicted octanol–water partition coefficient (Wildman–Crippen LogP) is 3.76. The first-order valence-electron chi connectivity index (χ1n) is 7.86. The number of hydrogen-bond donors (Lipinski definition) is 1. The van der Waals surface area contributed by atoms with Gasteiger partial charge in [0.2, 0.25) is 5.91 Å². The number of nitrogens with two attached hydrogens (primary N) is 1. The second-order valence-corrected chi connectivity index (χ2v) is 7.31. The number of nitrogens with zero attached hydrogens (tertiary/aromatic N) is 1. The minimum Gasteiger partial charge on any atom is -0.341 e. The van der Waals surface area contributed by atoms with Crippen LogP contribution in [0.15, 0.2) is 18.2 Å². The first kappa shape index (κ1) is 17.6. The second-order valence-electron chi connectivity index (χ2n) is 6.49. The summed E-state index contributed by atoms with van der Waals surface area (Å²) >= 11 is 12.0. The van der Waals surface area contributed by atoms with Gasteiger partial charge in [0, 0.05) is 13.1 Å². The standard InChI is InChI=1S/C17H24Cl2N2O/c1-11(2)16(20)17(22)21-7-5-12(6-8-21)9-13-3-4-14(18)15(19)10-13/h3-4,10-12,16H,5-9,20H2,1-2H3. The molecule has 1 aromatic carbocycles. The molecule has 1 aromatic rings. The lowest BCUT2D eigenvalue weighted by Gasteiger charge is -2.34. The minimum atomic E-state index is -0.383. The molecule has 2 N–H and O–H groups in total. The average molecular weight is 343 g/mol. The number of carbonyl (C=O) groups excluding carboxylic acids is 1. The van der Waals surface area contributed by atoms with Gasteiger partial charge in [0.1, 0.15) is 0 Å². The lowest BCUT2D eigenvalue weighted by molar-refractivity contribution is -0.134. The van der Waals surface area contributed by atoms with E-state index in [1.807, 2.05) is 36.9 Å². The molecule has 5 heteroatoms. The van der Waals surface area contributed by atoms with Gasteiger partial charge in [-0.3, -0.25) is 4.79 Å². The van der Waals surface area contributed by atoms with Crippen LogP contribution in [0, 0.1) is 11.8 Å². The Labute approximate surface area is 142 Å². The number of piperidine rings is 1. The number of rotatable bonds is 4. The smallest absolute Gasteiger partial charge is 0.239 e. The van der Waals surface area contributed by atoms with E-state index in [1.165, 1.54) is 5.56 Å². The molecule has 3 nitrogen and oxygen atoms in total. The normalized spacial score (nSPS) is 17.8. The Morgan fingerprint density at radius 2 is 1.91 bits per heavy atom. The van der Waals surface area contributed by atoms with Crippen LogP contribution >= 0.6 is 23.2 Å². The maximum atomic E-state index is 12.3. The van der Waals surface area contributed by atoms with Crippen molar-refractivity contribution >= 4 is 29.1 Å². The van der Waals surface area contributed by atoms with Crippen molar-refractivity contribution in [3.8, 4) is 0 Å². The summed E-state index contributed by atoms with van der Waals surface area (Å²) in [5.41, 5.74) is 7.17. The van der Waals surface area contributed by atoms with E-state index < -0.39 is 0 Å². The summed E-state index contributed by atoms with van der Waals surface area (Å²) in [6.07, 6.45) is 3.00. The summed E-state index contributed by atoms with van der Waals surface area (Å²) in [7, 11) is 0. The Balaban J connectivity index is 1.87. The van der Waals surface area contributed by atoms with Crippen molar-refractivity contribution in [1.29, 1.82) is 0 Å². The summed E-state index contributed by atoms with van der Waals surface area (Å²) in [5, 5.41) is 1.20. The number of benzene rings is 1. The van der Waals surface area contributed by atoms with E-state index in [-0.39, 0.29) is 17.9 Å². The molecule has 122 valence electrons. The molecule has 1 atom stereocenters. The molecule has 0 spiro atoms. The highest BCUT2D eigenvalue weighted by Gasteiger charge is 2.27. The van der Waals surface area contributed by atoms with Crippen LogP contribution < -0.4 is 5.73 Å². The molecule has 0 aromatic heterocycles. The number of amides is 1. The van der Waals surface area contributed by atoms with E-state index in [2.05, 4.69) is 0 Å². The van der Waals surface area contributed by atoms with Gasteiger partial charge in [-0.15, -0.1) is 0 Å². The van der Waals surface area contributed by atoms with Crippen molar-refractivity contribution in [3.63, 3.8) is 0 Å². The Morgan fingerprint density at radius 3 is 2.45 bits per heavy atom. The van der Waals surface area contributed by atoms with Gasteiger partial charge in [-0.1, -0.05) is 43.1 Å². The maximum Gasteiger partial charge on any atom is 0.239 e. The van der Waals surface area contributed by atoms with Gasteiger partial charge in [-0.25, -0.2) is 0 Å². The van der Waals surface area contributed by atoms with E-state index in [0.29, 0.717) is 16.0 Å². The zero-order valence-corrected chi connectivity index (χ0v) is 14.7. The Kier molecular flexibility index (Phi) is 6.13. The molecule has 1 aliphatic rings. The monoisotopic (exact) mass is 342 g/mol. The van der Waals surface area contributed by atoms with Crippen molar-refractivity contribution in [2.45, 2.75) is 39.2 Å². The molecule has 22 heavy (non-hydrogen) atoms. The number of likely N-dealkylation sites (tertiary alicyclic amines) is 1. The van der Waals surface area contributed by atoms with Gasteiger partial charge in [-0.2, -0.15) is 0 Å². The third kappa shape index (κ3) is 4.37. The maximum absolute atomic E-state index is 12.3. The molecule has 0 aliphatic carbocycles. The highest BCUT2D eigenvalue weighted by atomic mass is 35.5. The topological polar surface area (TPSA) is 46.3 Å². The second kappa shape index (κ2) is 7.67. The average Bonchev–Trinajstić information content (AvgIpc) is 2.50. The fraction of sp³-hybridized carbons (Fsp3) is 0.588. The molecule has 0 bridgehead atoms. The molecule has 1 saturated heterocycles. The van der Waals surface area contributed by atoms with Crippen LogP contribution in [0.3, 0.4) is 0 Å². The van der Waals surface area contributed by atoms with Crippen LogP contribution in [-0.2, 0) is 11.2 Å². The quantitative estimate of drug-likeness (QED) is 0.905. The fourth-order valence-electron chi connectivity index (χ4n) is 2.85. The summed E-state index contributed by atoms with van der Waals surface area (Å²) in [6.45, 7) is 5.57. The van der Waals surface area contributed by atoms with Gasteiger partial charge in [0.25, 0.3) is 0 Å². The van der Waals surface area contributed by atoms with Gasteiger partial charge in [0.05, 0.1) is 16.1 Å². The zero-order chi connectivity index (χ0) is 16.3. The molecule has 1 amide bonds. The van der Waals surface area contributed by atoms with E-state index in [1.54, 1.807) is 0 Å². The van der Waals surface area contributed by atoms with Crippen LogP contribution in [0.1, 0.15) is 32.3 Å². The van der Waals surface area contributed by atoms with Crippen molar-refractivity contribution in [1.82, 2.24) is 4.90 Å². The molecular weight excluding hydrogens is 319 g/mol. The molecular formula is C17H24Cl2N2O. The summed E-state index contributed by atoms with van der Waals surface area (Å²) in [4.78, 5) is 14.2. The lowest BCUT2D eigenvalue weighted by atomic mass is 9.89. The molecule has 1 unspecified atom stereocenters. The third-order valence-corrected chi connectivity index (χ3v) is 5.18. The van der Waals surface area contributed by atoms with Gasteiger partial charge >= 0.3 is 0 Å². The molecule has 1 heterocycles. The molecule has 2 rings (SSSR count). The largest absolute Gasteiger partial charge is 0.341 e. The van der Waals surface area contributed by atoms with Crippen LogP contribution in [0.25, 0.3) is 0 Å². The SMILES string of the molecule is CC(C)C(N)C(=O)N1CCC(Cc2ccc(Cl)c(Cl)c2)CC1. The zero-order valence-electron chi connectivity index (χ0n) is 13.2. The summed E-state index contributed by atoms with van der Waals surface area (Å²) < 4.78 is 0. The lowest BCUT2D eigenvalue weighted by Crippen LogP contribution is -2.49. The van der Waals surface area contributed by atoms with Crippen LogP contribution in [-0.4, -0.2) is 29.9 Å². The van der Waals surface area contributed by atoms with Crippen LogP contribution in [0.5, 0.6) is 0 Å². The van der Waals surface area contributed by atoms with Crippen molar-refractivity contribution < 1.29 is 4.79 Å². The van der Waals surface area contributed by atoms with Crippen LogP contribution in [0.2, 0.25) is 10.0 Å². The van der Waals surface area contributed by atoms with Crippen LogP contribution in [0.4, 0.5) is 0 Å².